The van der Waals surface area contributed by atoms with E-state index in [1.807, 2.05) is 37.3 Å². The molecule has 5 nitrogen and oxygen atoms in total. The van der Waals surface area contributed by atoms with Gasteiger partial charge in [-0.1, -0.05) is 41.9 Å². The summed E-state index contributed by atoms with van der Waals surface area (Å²) < 4.78 is 25.4. The number of aryl methyl sites for hydroxylation is 1. The van der Waals surface area contributed by atoms with E-state index in [2.05, 4.69) is 5.32 Å². The Labute approximate surface area is 153 Å². The van der Waals surface area contributed by atoms with Gasteiger partial charge in [-0.2, -0.15) is 0 Å². The maximum absolute atomic E-state index is 12.4. The van der Waals surface area contributed by atoms with Crippen LogP contribution < -0.4 is 9.62 Å². The molecule has 0 saturated carbocycles. The molecule has 0 aliphatic heterocycles. The Bertz CT molecular complexity index is 854. The molecule has 0 radical (unpaired) electrons. The van der Waals surface area contributed by atoms with E-state index < -0.39 is 10.0 Å². The van der Waals surface area contributed by atoms with Gasteiger partial charge in [-0.05, 0) is 43.2 Å². The molecule has 0 unspecified atom stereocenters. The fraction of sp³-hybridized carbons (Fsp3) is 0.278. The van der Waals surface area contributed by atoms with Crippen LogP contribution in [0.25, 0.3) is 0 Å². The largest absolute Gasteiger partial charge is 0.348 e. The summed E-state index contributed by atoms with van der Waals surface area (Å²) in [4.78, 5) is 12.4. The van der Waals surface area contributed by atoms with Crippen molar-refractivity contribution in [2.75, 3.05) is 17.1 Å². The lowest BCUT2D eigenvalue weighted by Gasteiger charge is -2.24. The minimum absolute atomic E-state index is 0.221. The summed E-state index contributed by atoms with van der Waals surface area (Å²) in [6, 6.07) is 14.1. The molecule has 0 spiro atoms. The molecule has 0 aliphatic rings. The topological polar surface area (TPSA) is 66.5 Å². The van der Waals surface area contributed by atoms with Crippen LogP contribution in [0.1, 0.15) is 24.1 Å². The Balaban J connectivity index is 2.19. The predicted octanol–water partition coefficient (Wildman–Crippen LogP) is 3.29. The van der Waals surface area contributed by atoms with Crippen LogP contribution in [0.3, 0.4) is 0 Å². The van der Waals surface area contributed by atoms with E-state index in [-0.39, 0.29) is 18.5 Å². The summed E-state index contributed by atoms with van der Waals surface area (Å²) in [6.07, 6.45) is 1.08. The molecule has 1 atom stereocenters. The molecule has 2 aromatic carbocycles. The van der Waals surface area contributed by atoms with Crippen molar-refractivity contribution in [2.24, 2.45) is 0 Å². The van der Waals surface area contributed by atoms with Gasteiger partial charge in [0.15, 0.2) is 0 Å². The van der Waals surface area contributed by atoms with Gasteiger partial charge in [0.25, 0.3) is 0 Å². The summed E-state index contributed by atoms with van der Waals surface area (Å²) >= 11 is 5.93. The molecule has 0 fully saturated rings. The average molecular weight is 381 g/mol. The highest BCUT2D eigenvalue weighted by atomic mass is 35.5. The Morgan fingerprint density at radius 3 is 2.40 bits per heavy atom. The van der Waals surface area contributed by atoms with Gasteiger partial charge in [-0.3, -0.25) is 9.10 Å². The SMILES string of the molecule is Cc1cc(Cl)ccc1N(CC(=O)N[C@@H](C)c1ccccc1)S(C)(=O)=O. The van der Waals surface area contributed by atoms with Crippen molar-refractivity contribution < 1.29 is 13.2 Å². The Morgan fingerprint density at radius 1 is 1.20 bits per heavy atom. The van der Waals surface area contributed by atoms with Crippen molar-refractivity contribution in [1.29, 1.82) is 0 Å². The van der Waals surface area contributed by atoms with Gasteiger partial charge in [0.05, 0.1) is 18.0 Å². The average Bonchev–Trinajstić information content (AvgIpc) is 2.53. The van der Waals surface area contributed by atoms with Gasteiger partial charge < -0.3 is 5.32 Å². The quantitative estimate of drug-likeness (QED) is 0.836. The summed E-state index contributed by atoms with van der Waals surface area (Å²) in [5.41, 5.74) is 2.07. The number of sulfonamides is 1. The van der Waals surface area contributed by atoms with E-state index in [0.29, 0.717) is 16.3 Å². The summed E-state index contributed by atoms with van der Waals surface area (Å²) in [5.74, 6) is -0.379. The molecule has 0 aliphatic carbocycles. The number of hydrogen-bond donors (Lipinski definition) is 1. The zero-order valence-corrected chi connectivity index (χ0v) is 15.9. The lowest BCUT2D eigenvalue weighted by Crippen LogP contribution is -2.41. The van der Waals surface area contributed by atoms with Crippen LogP contribution in [-0.2, 0) is 14.8 Å². The molecule has 7 heteroatoms. The molecule has 1 N–H and O–H groups in total. The Hall–Kier alpha value is -2.05. The second-order valence-electron chi connectivity index (χ2n) is 5.90. The van der Waals surface area contributed by atoms with Crippen molar-refractivity contribution in [3.05, 3.63) is 64.7 Å². The standard InChI is InChI=1S/C18H21ClN2O3S/c1-13-11-16(19)9-10-17(13)21(25(3,23)24)12-18(22)20-14(2)15-7-5-4-6-8-15/h4-11,14H,12H2,1-3H3,(H,20,22)/t14-/m0/s1. The Morgan fingerprint density at radius 2 is 1.84 bits per heavy atom. The summed E-state index contributed by atoms with van der Waals surface area (Å²) in [5, 5.41) is 3.34. The maximum atomic E-state index is 12.4. The first-order valence-electron chi connectivity index (χ1n) is 7.76. The van der Waals surface area contributed by atoms with Crippen molar-refractivity contribution in [2.45, 2.75) is 19.9 Å². The van der Waals surface area contributed by atoms with Crippen LogP contribution >= 0.6 is 11.6 Å². The van der Waals surface area contributed by atoms with Crippen LogP contribution in [0, 0.1) is 6.92 Å². The monoisotopic (exact) mass is 380 g/mol. The van der Waals surface area contributed by atoms with E-state index in [9.17, 15) is 13.2 Å². The second kappa shape index (κ2) is 7.89. The molecule has 0 saturated heterocycles. The van der Waals surface area contributed by atoms with Crippen LogP contribution in [0.2, 0.25) is 5.02 Å². The lowest BCUT2D eigenvalue weighted by molar-refractivity contribution is -0.120. The van der Waals surface area contributed by atoms with Crippen LogP contribution in [0.4, 0.5) is 5.69 Å². The molecule has 25 heavy (non-hydrogen) atoms. The van der Waals surface area contributed by atoms with Crippen molar-refractivity contribution >= 4 is 33.2 Å². The fourth-order valence-corrected chi connectivity index (χ4v) is 3.66. The maximum Gasteiger partial charge on any atom is 0.241 e. The van der Waals surface area contributed by atoms with Crippen molar-refractivity contribution in [3.8, 4) is 0 Å². The number of halogens is 1. The molecule has 1 amide bonds. The van der Waals surface area contributed by atoms with E-state index in [0.717, 1.165) is 16.1 Å². The van der Waals surface area contributed by atoms with Crippen LogP contribution in [-0.4, -0.2) is 27.1 Å². The number of benzene rings is 2. The molecule has 0 aromatic heterocycles. The van der Waals surface area contributed by atoms with Gasteiger partial charge in [0.1, 0.15) is 6.54 Å². The van der Waals surface area contributed by atoms with Crippen LogP contribution in [0.5, 0.6) is 0 Å². The number of nitrogens with zero attached hydrogens (tertiary/aromatic N) is 1. The number of amides is 1. The van der Waals surface area contributed by atoms with E-state index in [1.165, 1.54) is 0 Å². The second-order valence-corrected chi connectivity index (χ2v) is 8.24. The summed E-state index contributed by atoms with van der Waals surface area (Å²) in [7, 11) is -3.62. The van der Waals surface area contributed by atoms with Gasteiger partial charge in [0.2, 0.25) is 15.9 Å². The first-order chi connectivity index (χ1) is 11.7. The number of hydrogen-bond acceptors (Lipinski definition) is 3. The number of carbonyl (C=O) groups excluding carboxylic acids is 1. The first-order valence-corrected chi connectivity index (χ1v) is 9.99. The molecule has 2 aromatic rings. The van der Waals surface area contributed by atoms with E-state index >= 15 is 0 Å². The number of nitrogens with one attached hydrogen (secondary N) is 1. The lowest BCUT2D eigenvalue weighted by atomic mass is 10.1. The molecule has 2 rings (SSSR count). The number of anilines is 1. The third kappa shape index (κ3) is 5.21. The highest BCUT2D eigenvalue weighted by Gasteiger charge is 2.23. The fourth-order valence-electron chi connectivity index (χ4n) is 2.52. The summed E-state index contributed by atoms with van der Waals surface area (Å²) in [6.45, 7) is 3.31. The molecule has 0 heterocycles. The zero-order chi connectivity index (χ0) is 18.6. The zero-order valence-electron chi connectivity index (χ0n) is 14.4. The van der Waals surface area contributed by atoms with E-state index in [4.69, 9.17) is 11.6 Å². The van der Waals surface area contributed by atoms with Crippen molar-refractivity contribution in [3.63, 3.8) is 0 Å². The van der Waals surface area contributed by atoms with Gasteiger partial charge in [-0.15, -0.1) is 0 Å². The molecular weight excluding hydrogens is 360 g/mol. The Kier molecular flexibility index (Phi) is 6.08. The minimum Gasteiger partial charge on any atom is -0.348 e. The van der Waals surface area contributed by atoms with Gasteiger partial charge >= 0.3 is 0 Å². The predicted molar refractivity (Wildman–Crippen MR) is 101 cm³/mol. The number of rotatable bonds is 6. The van der Waals surface area contributed by atoms with Crippen LogP contribution in [0.15, 0.2) is 48.5 Å². The van der Waals surface area contributed by atoms with Gasteiger partial charge in [0, 0.05) is 5.02 Å². The van der Waals surface area contributed by atoms with Gasteiger partial charge in [-0.25, -0.2) is 8.42 Å². The highest BCUT2D eigenvalue weighted by Crippen LogP contribution is 2.25. The third-order valence-corrected chi connectivity index (χ3v) is 5.15. The van der Waals surface area contributed by atoms with E-state index in [1.54, 1.807) is 25.1 Å². The first kappa shape index (κ1) is 19.3. The molecular formula is C18H21ClN2O3S. The van der Waals surface area contributed by atoms with Crippen molar-refractivity contribution in [1.82, 2.24) is 5.32 Å². The molecule has 0 bridgehead atoms. The third-order valence-electron chi connectivity index (χ3n) is 3.79. The minimum atomic E-state index is -3.62. The normalized spacial score (nSPS) is 12.5. The highest BCUT2D eigenvalue weighted by molar-refractivity contribution is 7.92. The molecule has 134 valence electrons. The number of carbonyl (C=O) groups is 1. The smallest absolute Gasteiger partial charge is 0.241 e.